The summed E-state index contributed by atoms with van der Waals surface area (Å²) in [6.07, 6.45) is 2.78. The molecule has 2 rings (SSSR count). The first-order chi connectivity index (χ1) is 10.7. The molecule has 1 heterocycles. The molecule has 22 heavy (non-hydrogen) atoms. The number of nitrogens with two attached hydrogens (primary N) is 1. The van der Waals surface area contributed by atoms with Crippen molar-refractivity contribution in [3.8, 4) is 11.5 Å². The summed E-state index contributed by atoms with van der Waals surface area (Å²) in [5, 5.41) is 0. The highest BCUT2D eigenvalue weighted by Gasteiger charge is 2.13. The summed E-state index contributed by atoms with van der Waals surface area (Å²) in [6.45, 7) is 2.84. The maximum atomic E-state index is 11.7. The Kier molecular flexibility index (Phi) is 5.53. The predicted molar refractivity (Wildman–Crippen MR) is 79.8 cm³/mol. The van der Waals surface area contributed by atoms with Gasteiger partial charge in [0, 0.05) is 12.4 Å². The van der Waals surface area contributed by atoms with Gasteiger partial charge in [-0.25, -0.2) is 14.8 Å². The number of benzene rings is 1. The maximum absolute atomic E-state index is 11.7. The Morgan fingerprint density at radius 3 is 2.32 bits per heavy atom. The summed E-state index contributed by atoms with van der Waals surface area (Å²) < 4.78 is 15.8. The molecule has 0 fully saturated rings. The van der Waals surface area contributed by atoms with Crippen molar-refractivity contribution < 1.29 is 19.0 Å². The average molecular weight is 303 g/mol. The van der Waals surface area contributed by atoms with Gasteiger partial charge in [-0.15, -0.1) is 0 Å². The molecule has 0 bridgehead atoms. The minimum Gasteiger partial charge on any atom is -0.494 e. The van der Waals surface area contributed by atoms with Gasteiger partial charge in [0.2, 0.25) is 0 Å². The van der Waals surface area contributed by atoms with Gasteiger partial charge >= 0.3 is 5.97 Å². The molecule has 0 saturated carbocycles. The highest BCUT2D eigenvalue weighted by atomic mass is 16.6. The number of ether oxygens (including phenoxy) is 3. The van der Waals surface area contributed by atoms with Crippen LogP contribution < -0.4 is 15.2 Å². The molecule has 0 radical (unpaired) electrons. The van der Waals surface area contributed by atoms with Crippen LogP contribution in [0.3, 0.4) is 0 Å². The summed E-state index contributed by atoms with van der Waals surface area (Å²) in [6, 6.07) is 7.19. The molecule has 1 aromatic heterocycles. The number of carbonyl (C=O) groups excluding carboxylic acids is 1. The van der Waals surface area contributed by atoms with Crippen molar-refractivity contribution in [1.29, 1.82) is 0 Å². The Hall–Kier alpha value is -2.83. The number of anilines is 1. The van der Waals surface area contributed by atoms with Crippen molar-refractivity contribution in [2.24, 2.45) is 0 Å². The first kappa shape index (κ1) is 15.6. The predicted octanol–water partition coefficient (Wildman–Crippen LogP) is 1.69. The topological polar surface area (TPSA) is 96.6 Å². The van der Waals surface area contributed by atoms with Gasteiger partial charge in [-0.1, -0.05) is 0 Å². The summed E-state index contributed by atoms with van der Waals surface area (Å²) in [4.78, 5) is 19.3. The van der Waals surface area contributed by atoms with Crippen molar-refractivity contribution >= 4 is 11.8 Å². The highest BCUT2D eigenvalue weighted by molar-refractivity contribution is 5.91. The number of esters is 1. The lowest BCUT2D eigenvalue weighted by Gasteiger charge is -2.08. The number of nitrogen functional groups attached to an aromatic ring is 1. The summed E-state index contributed by atoms with van der Waals surface area (Å²) in [5.41, 5.74) is 5.54. The first-order valence-corrected chi connectivity index (χ1v) is 6.80. The molecule has 0 unspecified atom stereocenters. The van der Waals surface area contributed by atoms with E-state index in [1.54, 1.807) is 12.1 Å². The second-order valence-corrected chi connectivity index (χ2v) is 4.18. The molecule has 7 heteroatoms. The van der Waals surface area contributed by atoms with Crippen LogP contribution in [0.15, 0.2) is 36.7 Å². The molecule has 0 atom stereocenters. The van der Waals surface area contributed by atoms with Crippen LogP contribution in [0.2, 0.25) is 0 Å². The molecule has 2 aromatic rings. The zero-order chi connectivity index (χ0) is 15.8. The van der Waals surface area contributed by atoms with E-state index in [4.69, 9.17) is 19.9 Å². The standard InChI is InChI=1S/C15H17N3O4/c1-2-20-11-3-5-12(6-4-11)21-9-10-22-15(19)13-14(16)18-8-7-17-13/h3-8H,2,9-10H2,1H3,(H2,16,18). The Bertz CT molecular complexity index is 616. The van der Waals surface area contributed by atoms with E-state index in [0.29, 0.717) is 12.4 Å². The van der Waals surface area contributed by atoms with Crippen LogP contribution in [0.5, 0.6) is 11.5 Å². The van der Waals surface area contributed by atoms with Gasteiger partial charge in [-0.05, 0) is 31.2 Å². The molecule has 1 aromatic carbocycles. The highest BCUT2D eigenvalue weighted by Crippen LogP contribution is 2.17. The number of aromatic nitrogens is 2. The van der Waals surface area contributed by atoms with Crippen LogP contribution in [0.25, 0.3) is 0 Å². The Labute approximate surface area is 128 Å². The lowest BCUT2D eigenvalue weighted by molar-refractivity contribution is 0.0444. The van der Waals surface area contributed by atoms with Gasteiger partial charge < -0.3 is 19.9 Å². The van der Waals surface area contributed by atoms with E-state index in [1.807, 2.05) is 19.1 Å². The largest absolute Gasteiger partial charge is 0.494 e. The van der Waals surface area contributed by atoms with Crippen molar-refractivity contribution in [2.75, 3.05) is 25.6 Å². The Morgan fingerprint density at radius 1 is 1.05 bits per heavy atom. The first-order valence-electron chi connectivity index (χ1n) is 6.80. The van der Waals surface area contributed by atoms with E-state index in [9.17, 15) is 4.79 Å². The minimum absolute atomic E-state index is 0.00330. The second kappa shape index (κ2) is 7.82. The van der Waals surface area contributed by atoms with Crippen molar-refractivity contribution in [1.82, 2.24) is 9.97 Å². The molecule has 116 valence electrons. The molecule has 0 saturated heterocycles. The third kappa shape index (κ3) is 4.34. The summed E-state index contributed by atoms with van der Waals surface area (Å²) in [5.74, 6) is 0.860. The third-order valence-corrected chi connectivity index (χ3v) is 2.64. The van der Waals surface area contributed by atoms with E-state index in [1.165, 1.54) is 12.4 Å². The average Bonchev–Trinajstić information content (AvgIpc) is 2.53. The van der Waals surface area contributed by atoms with E-state index in [-0.39, 0.29) is 24.7 Å². The number of hydrogen-bond donors (Lipinski definition) is 1. The van der Waals surface area contributed by atoms with Gasteiger partial charge in [0.25, 0.3) is 0 Å². The second-order valence-electron chi connectivity index (χ2n) is 4.18. The normalized spacial score (nSPS) is 10.0. The van der Waals surface area contributed by atoms with Crippen LogP contribution in [0, 0.1) is 0 Å². The summed E-state index contributed by atoms with van der Waals surface area (Å²) >= 11 is 0. The molecule has 0 aliphatic carbocycles. The fraction of sp³-hybridized carbons (Fsp3) is 0.267. The van der Waals surface area contributed by atoms with Crippen LogP contribution in [0.4, 0.5) is 5.82 Å². The molecule has 7 nitrogen and oxygen atoms in total. The van der Waals surface area contributed by atoms with E-state index in [0.717, 1.165) is 5.75 Å². The van der Waals surface area contributed by atoms with Crippen LogP contribution in [-0.4, -0.2) is 35.8 Å². The fourth-order valence-electron chi connectivity index (χ4n) is 1.67. The van der Waals surface area contributed by atoms with E-state index < -0.39 is 5.97 Å². The molecule has 0 aliphatic heterocycles. The number of hydrogen-bond acceptors (Lipinski definition) is 7. The Morgan fingerprint density at radius 2 is 1.68 bits per heavy atom. The van der Waals surface area contributed by atoms with Crippen LogP contribution in [-0.2, 0) is 4.74 Å². The molecular weight excluding hydrogens is 286 g/mol. The SMILES string of the molecule is CCOc1ccc(OCCOC(=O)c2nccnc2N)cc1. The molecule has 2 N–H and O–H groups in total. The van der Waals surface area contributed by atoms with Crippen molar-refractivity contribution in [2.45, 2.75) is 6.92 Å². The number of carbonyl (C=O) groups is 1. The molecule has 0 spiro atoms. The fourth-order valence-corrected chi connectivity index (χ4v) is 1.67. The third-order valence-electron chi connectivity index (χ3n) is 2.64. The minimum atomic E-state index is -0.624. The lowest BCUT2D eigenvalue weighted by atomic mass is 10.3. The lowest BCUT2D eigenvalue weighted by Crippen LogP contribution is -2.15. The number of rotatable bonds is 7. The Balaban J connectivity index is 1.75. The van der Waals surface area contributed by atoms with E-state index in [2.05, 4.69) is 9.97 Å². The van der Waals surface area contributed by atoms with Gasteiger partial charge in [0.15, 0.2) is 11.5 Å². The van der Waals surface area contributed by atoms with E-state index >= 15 is 0 Å². The smallest absolute Gasteiger partial charge is 0.360 e. The van der Waals surface area contributed by atoms with Gasteiger partial charge in [-0.2, -0.15) is 0 Å². The van der Waals surface area contributed by atoms with Crippen molar-refractivity contribution in [3.63, 3.8) is 0 Å². The quantitative estimate of drug-likeness (QED) is 0.614. The van der Waals surface area contributed by atoms with Crippen LogP contribution in [0.1, 0.15) is 17.4 Å². The molecule has 0 aliphatic rings. The summed E-state index contributed by atoms with van der Waals surface area (Å²) in [7, 11) is 0. The van der Waals surface area contributed by atoms with Crippen molar-refractivity contribution in [3.05, 3.63) is 42.4 Å². The van der Waals surface area contributed by atoms with Gasteiger partial charge in [0.1, 0.15) is 24.7 Å². The maximum Gasteiger partial charge on any atom is 0.360 e. The van der Waals surface area contributed by atoms with Gasteiger partial charge in [0.05, 0.1) is 6.61 Å². The zero-order valence-corrected chi connectivity index (χ0v) is 12.2. The zero-order valence-electron chi connectivity index (χ0n) is 12.2. The molecular formula is C15H17N3O4. The van der Waals surface area contributed by atoms with Crippen LogP contribution >= 0.6 is 0 Å². The monoisotopic (exact) mass is 303 g/mol. The number of nitrogens with zero attached hydrogens (tertiary/aromatic N) is 2. The van der Waals surface area contributed by atoms with Gasteiger partial charge in [-0.3, -0.25) is 0 Å². The molecule has 0 amide bonds.